The number of carbonyl (C=O) groups is 1. The maximum atomic E-state index is 12.1. The number of nitrogen functional groups attached to an aromatic ring is 2. The molecule has 20 heavy (non-hydrogen) atoms. The molecule has 1 heterocycles. The Morgan fingerprint density at radius 3 is 2.70 bits per heavy atom. The third-order valence-corrected chi connectivity index (χ3v) is 2.66. The lowest BCUT2D eigenvalue weighted by Crippen LogP contribution is -2.12. The molecule has 0 saturated carbocycles. The molecule has 0 saturated heterocycles. The van der Waals surface area contributed by atoms with Crippen molar-refractivity contribution < 1.29 is 9.53 Å². The molecule has 0 radical (unpaired) electrons. The number of rotatable bonds is 5. The summed E-state index contributed by atoms with van der Waals surface area (Å²) >= 11 is 0. The van der Waals surface area contributed by atoms with Gasteiger partial charge in [-0.2, -0.15) is 5.10 Å². The van der Waals surface area contributed by atoms with E-state index in [4.69, 9.17) is 16.2 Å². The van der Waals surface area contributed by atoms with Crippen LogP contribution in [0.15, 0.2) is 30.6 Å². The van der Waals surface area contributed by atoms with Gasteiger partial charge >= 0.3 is 0 Å². The standard InChI is InChI=1S/C13H17N5O2/c1-20-3-2-18-8-12(7-16-18)17-13(19)9-4-10(14)6-11(15)5-9/h4-8H,2-3,14-15H2,1H3,(H,17,19). The van der Waals surface area contributed by atoms with E-state index in [1.54, 1.807) is 42.4 Å². The number of aromatic nitrogens is 2. The van der Waals surface area contributed by atoms with Crippen molar-refractivity contribution >= 4 is 23.0 Å². The number of anilines is 3. The first-order valence-corrected chi connectivity index (χ1v) is 6.07. The first kappa shape index (κ1) is 13.9. The summed E-state index contributed by atoms with van der Waals surface area (Å²) in [6, 6.07) is 4.74. The molecule has 0 aliphatic heterocycles. The number of hydrogen-bond donors (Lipinski definition) is 3. The predicted molar refractivity (Wildman–Crippen MR) is 77.3 cm³/mol. The Bertz CT molecular complexity index is 588. The lowest BCUT2D eigenvalue weighted by atomic mass is 10.1. The second-order valence-corrected chi connectivity index (χ2v) is 4.33. The average Bonchev–Trinajstić information content (AvgIpc) is 2.82. The van der Waals surface area contributed by atoms with Gasteiger partial charge in [-0.15, -0.1) is 0 Å². The topological polar surface area (TPSA) is 108 Å². The minimum Gasteiger partial charge on any atom is -0.399 e. The number of nitrogens with zero attached hydrogens (tertiary/aromatic N) is 2. The SMILES string of the molecule is COCCn1cc(NC(=O)c2cc(N)cc(N)c2)cn1. The first-order chi connectivity index (χ1) is 9.58. The fourth-order valence-electron chi connectivity index (χ4n) is 1.75. The van der Waals surface area contributed by atoms with E-state index < -0.39 is 0 Å². The number of nitrogens with two attached hydrogens (primary N) is 2. The van der Waals surface area contributed by atoms with Gasteiger partial charge in [0.1, 0.15) is 0 Å². The van der Waals surface area contributed by atoms with Gasteiger partial charge < -0.3 is 21.5 Å². The van der Waals surface area contributed by atoms with Crippen molar-refractivity contribution in [3.63, 3.8) is 0 Å². The Hall–Kier alpha value is -2.54. The third kappa shape index (κ3) is 3.48. The minimum absolute atomic E-state index is 0.282. The van der Waals surface area contributed by atoms with Gasteiger partial charge in [0, 0.05) is 30.2 Å². The van der Waals surface area contributed by atoms with Crippen molar-refractivity contribution in [2.45, 2.75) is 6.54 Å². The summed E-state index contributed by atoms with van der Waals surface area (Å²) in [6.45, 7) is 1.18. The number of amides is 1. The van der Waals surface area contributed by atoms with Crippen LogP contribution in [0.4, 0.5) is 17.1 Å². The highest BCUT2D eigenvalue weighted by atomic mass is 16.5. The third-order valence-electron chi connectivity index (χ3n) is 2.66. The summed E-state index contributed by atoms with van der Waals surface area (Å²) in [7, 11) is 1.62. The number of ether oxygens (including phenoxy) is 1. The summed E-state index contributed by atoms with van der Waals surface area (Å²) in [5.74, 6) is -0.282. The van der Waals surface area contributed by atoms with Crippen molar-refractivity contribution in [1.82, 2.24) is 9.78 Å². The summed E-state index contributed by atoms with van der Waals surface area (Å²) in [5, 5.41) is 6.84. The van der Waals surface area contributed by atoms with Gasteiger partial charge in [0.05, 0.1) is 25.0 Å². The molecule has 2 rings (SSSR count). The second kappa shape index (κ2) is 6.07. The van der Waals surface area contributed by atoms with Crippen molar-refractivity contribution in [1.29, 1.82) is 0 Å². The van der Waals surface area contributed by atoms with E-state index in [1.807, 2.05) is 0 Å². The lowest BCUT2D eigenvalue weighted by Gasteiger charge is -2.05. The van der Waals surface area contributed by atoms with E-state index >= 15 is 0 Å². The molecular formula is C13H17N5O2. The van der Waals surface area contributed by atoms with Gasteiger partial charge in [-0.05, 0) is 18.2 Å². The zero-order valence-corrected chi connectivity index (χ0v) is 11.2. The minimum atomic E-state index is -0.282. The molecule has 1 amide bonds. The molecule has 0 fully saturated rings. The van der Waals surface area contributed by atoms with E-state index in [0.29, 0.717) is 35.8 Å². The molecule has 0 aliphatic rings. The van der Waals surface area contributed by atoms with Gasteiger partial charge in [-0.3, -0.25) is 9.48 Å². The lowest BCUT2D eigenvalue weighted by molar-refractivity contribution is 0.102. The van der Waals surface area contributed by atoms with E-state index in [0.717, 1.165) is 0 Å². The quantitative estimate of drug-likeness (QED) is 0.704. The Morgan fingerprint density at radius 2 is 2.05 bits per heavy atom. The van der Waals surface area contributed by atoms with Crippen LogP contribution >= 0.6 is 0 Å². The van der Waals surface area contributed by atoms with Crippen LogP contribution in [0, 0.1) is 0 Å². The van der Waals surface area contributed by atoms with Crippen LogP contribution in [0.25, 0.3) is 0 Å². The second-order valence-electron chi connectivity index (χ2n) is 4.33. The van der Waals surface area contributed by atoms with Crippen molar-refractivity contribution in [2.24, 2.45) is 0 Å². The van der Waals surface area contributed by atoms with Crippen LogP contribution in [0.3, 0.4) is 0 Å². The maximum Gasteiger partial charge on any atom is 0.255 e. The van der Waals surface area contributed by atoms with Crippen LogP contribution in [-0.2, 0) is 11.3 Å². The van der Waals surface area contributed by atoms with Crippen LogP contribution in [0.2, 0.25) is 0 Å². The van der Waals surface area contributed by atoms with Crippen molar-refractivity contribution in [3.05, 3.63) is 36.2 Å². The van der Waals surface area contributed by atoms with Crippen LogP contribution in [0.1, 0.15) is 10.4 Å². The molecule has 0 bridgehead atoms. The Labute approximate surface area is 116 Å². The highest BCUT2D eigenvalue weighted by molar-refractivity contribution is 6.05. The molecule has 5 N–H and O–H groups in total. The largest absolute Gasteiger partial charge is 0.399 e. The van der Waals surface area contributed by atoms with E-state index in [1.165, 1.54) is 0 Å². The molecule has 0 spiro atoms. The van der Waals surface area contributed by atoms with Gasteiger partial charge in [0.15, 0.2) is 0 Å². The van der Waals surface area contributed by atoms with Crippen LogP contribution < -0.4 is 16.8 Å². The fraction of sp³-hybridized carbons (Fsp3) is 0.231. The number of carbonyl (C=O) groups excluding carboxylic acids is 1. The number of benzene rings is 1. The molecule has 0 unspecified atom stereocenters. The van der Waals surface area contributed by atoms with Crippen LogP contribution in [-0.4, -0.2) is 29.4 Å². The normalized spacial score (nSPS) is 10.4. The number of hydrogen-bond acceptors (Lipinski definition) is 5. The number of nitrogens with one attached hydrogen (secondary N) is 1. The molecule has 1 aromatic carbocycles. The zero-order chi connectivity index (χ0) is 14.5. The Kier molecular flexibility index (Phi) is 4.21. The highest BCUT2D eigenvalue weighted by Crippen LogP contribution is 2.15. The molecule has 7 heteroatoms. The molecule has 0 aliphatic carbocycles. The van der Waals surface area contributed by atoms with E-state index in [2.05, 4.69) is 10.4 Å². The summed E-state index contributed by atoms with van der Waals surface area (Å²) in [5.41, 5.74) is 13.2. The Balaban J connectivity index is 2.05. The maximum absolute atomic E-state index is 12.1. The molecule has 106 valence electrons. The van der Waals surface area contributed by atoms with Crippen LogP contribution in [0.5, 0.6) is 0 Å². The average molecular weight is 275 g/mol. The van der Waals surface area contributed by atoms with Crippen molar-refractivity contribution in [3.8, 4) is 0 Å². The smallest absolute Gasteiger partial charge is 0.255 e. The molecule has 7 nitrogen and oxygen atoms in total. The highest BCUT2D eigenvalue weighted by Gasteiger charge is 2.09. The summed E-state index contributed by atoms with van der Waals surface area (Å²) < 4.78 is 6.64. The molecular weight excluding hydrogens is 258 g/mol. The number of methoxy groups -OCH3 is 1. The Morgan fingerprint density at radius 1 is 1.35 bits per heavy atom. The van der Waals surface area contributed by atoms with Gasteiger partial charge in [-0.1, -0.05) is 0 Å². The fourth-order valence-corrected chi connectivity index (χ4v) is 1.75. The van der Waals surface area contributed by atoms with E-state index in [9.17, 15) is 4.79 Å². The first-order valence-electron chi connectivity index (χ1n) is 6.07. The van der Waals surface area contributed by atoms with E-state index in [-0.39, 0.29) is 5.91 Å². The van der Waals surface area contributed by atoms with Gasteiger partial charge in [-0.25, -0.2) is 0 Å². The predicted octanol–water partition coefficient (Wildman–Crippen LogP) is 0.946. The summed E-state index contributed by atoms with van der Waals surface area (Å²) in [6.07, 6.45) is 3.30. The summed E-state index contributed by atoms with van der Waals surface area (Å²) in [4.78, 5) is 12.1. The zero-order valence-electron chi connectivity index (χ0n) is 11.2. The van der Waals surface area contributed by atoms with Crippen molar-refractivity contribution in [2.75, 3.05) is 30.5 Å². The monoisotopic (exact) mass is 275 g/mol. The molecule has 2 aromatic rings. The van der Waals surface area contributed by atoms with Gasteiger partial charge in [0.25, 0.3) is 5.91 Å². The molecule has 0 atom stereocenters. The van der Waals surface area contributed by atoms with Gasteiger partial charge in [0.2, 0.25) is 0 Å². The molecule has 1 aromatic heterocycles.